The van der Waals surface area contributed by atoms with E-state index in [0.29, 0.717) is 18.1 Å². The Bertz CT molecular complexity index is 455. The summed E-state index contributed by atoms with van der Waals surface area (Å²) >= 11 is 0. The molecule has 1 aliphatic heterocycles. The molecule has 78 valence electrons. The van der Waals surface area contributed by atoms with Crippen LogP contribution in [0, 0.1) is 13.5 Å². The number of fused-ring (bicyclic) bond motifs is 1. The fourth-order valence-corrected chi connectivity index (χ4v) is 1.54. The Balaban J connectivity index is 2.34. The number of hydrogen-bond donors (Lipinski definition) is 0. The van der Waals surface area contributed by atoms with E-state index in [1.54, 1.807) is 0 Å². The maximum atomic E-state index is 7.06. The van der Waals surface area contributed by atoms with Crippen LogP contribution in [0.4, 0.5) is 0 Å². The number of rotatable bonds is 3. The van der Waals surface area contributed by atoms with E-state index in [-0.39, 0.29) is 6.61 Å². The molecule has 0 bridgehead atoms. The van der Waals surface area contributed by atoms with E-state index in [1.165, 1.54) is 7.11 Å². The van der Waals surface area contributed by atoms with Gasteiger partial charge >= 0.3 is 0 Å². The van der Waals surface area contributed by atoms with Gasteiger partial charge in [0.2, 0.25) is 0 Å². The first-order valence-electron chi connectivity index (χ1n) is 4.43. The molecule has 0 spiro atoms. The number of nitrogens with zero attached hydrogens (tertiary/aromatic N) is 4. The van der Waals surface area contributed by atoms with E-state index in [1.807, 2.05) is 11.5 Å². The lowest BCUT2D eigenvalue weighted by atomic mass is 10.2. The fraction of sp³-hybridized carbons (Fsp3) is 0.444. The molecule has 0 aromatic carbocycles. The van der Waals surface area contributed by atoms with Crippen molar-refractivity contribution in [3.63, 3.8) is 0 Å². The molecule has 2 heterocycles. The minimum atomic E-state index is 0.229. The molecule has 0 atom stereocenters. The maximum Gasteiger partial charge on any atom is 0.194 e. The highest BCUT2D eigenvalue weighted by Gasteiger charge is 2.25. The Morgan fingerprint density at radius 2 is 2.33 bits per heavy atom. The van der Waals surface area contributed by atoms with Crippen LogP contribution in [0.1, 0.15) is 11.6 Å². The predicted molar refractivity (Wildman–Crippen MR) is 51.2 cm³/mol. The number of hydrogen-bond acceptors (Lipinski definition) is 4. The van der Waals surface area contributed by atoms with Gasteiger partial charge < -0.3 is 4.57 Å². The Morgan fingerprint density at radius 1 is 1.53 bits per heavy atom. The van der Waals surface area contributed by atoms with Crippen LogP contribution in [0.15, 0.2) is 5.70 Å². The Kier molecular flexibility index (Phi) is 2.49. The molecular weight excluding hydrogens is 196 g/mol. The number of allylic oxidation sites excluding steroid dienone is 1. The first-order valence-corrected chi connectivity index (χ1v) is 4.43. The lowest BCUT2D eigenvalue weighted by molar-refractivity contribution is -0.261. The van der Waals surface area contributed by atoms with Crippen molar-refractivity contribution in [2.24, 2.45) is 0 Å². The van der Waals surface area contributed by atoms with Crippen LogP contribution >= 0.6 is 0 Å². The van der Waals surface area contributed by atoms with Gasteiger partial charge in [-0.1, -0.05) is 0 Å². The molecule has 0 radical (unpaired) electrons. The lowest BCUT2D eigenvalue weighted by Gasteiger charge is -2.00. The molecule has 15 heavy (non-hydrogen) atoms. The quantitative estimate of drug-likeness (QED) is 0.417. The van der Waals surface area contributed by atoms with Gasteiger partial charge in [0.05, 0.1) is 20.2 Å². The van der Waals surface area contributed by atoms with Crippen molar-refractivity contribution in [2.45, 2.75) is 13.5 Å². The van der Waals surface area contributed by atoms with Crippen molar-refractivity contribution in [2.75, 3.05) is 13.7 Å². The number of aromatic nitrogens is 3. The van der Waals surface area contributed by atoms with Gasteiger partial charge in [-0.3, -0.25) is 0 Å². The highest BCUT2D eigenvalue weighted by Crippen LogP contribution is 2.27. The predicted octanol–water partition coefficient (Wildman–Crippen LogP) is 0.809. The second-order valence-electron chi connectivity index (χ2n) is 3.12. The molecule has 0 N–H and O–H groups in total. The smallest absolute Gasteiger partial charge is 0.194 e. The van der Waals surface area contributed by atoms with Gasteiger partial charge in [-0.15, -0.1) is 10.2 Å². The molecule has 1 aliphatic rings. The average molecular weight is 206 g/mol. The van der Waals surface area contributed by atoms with Crippen LogP contribution in [-0.2, 0) is 16.3 Å². The monoisotopic (exact) mass is 206 g/mol. The summed E-state index contributed by atoms with van der Waals surface area (Å²) in [5.74, 6) is 1.51. The lowest BCUT2D eigenvalue weighted by Crippen LogP contribution is -1.99. The minimum absolute atomic E-state index is 0.229. The maximum absolute atomic E-state index is 7.06. The van der Waals surface area contributed by atoms with Crippen LogP contribution < -0.4 is 0 Å². The van der Waals surface area contributed by atoms with Crippen LogP contribution in [0.5, 0.6) is 0 Å². The van der Waals surface area contributed by atoms with Crippen LogP contribution in [0.2, 0.25) is 0 Å². The van der Waals surface area contributed by atoms with Crippen molar-refractivity contribution in [1.29, 1.82) is 0 Å². The largest absolute Gasteiger partial charge is 0.318 e. The third kappa shape index (κ3) is 1.52. The van der Waals surface area contributed by atoms with E-state index in [9.17, 15) is 0 Å². The molecule has 0 fully saturated rings. The van der Waals surface area contributed by atoms with E-state index in [4.69, 9.17) is 11.5 Å². The zero-order valence-electron chi connectivity index (χ0n) is 8.52. The van der Waals surface area contributed by atoms with Gasteiger partial charge in [-0.05, 0) is 6.92 Å². The van der Waals surface area contributed by atoms with Crippen molar-refractivity contribution >= 4 is 5.57 Å². The molecule has 0 unspecified atom stereocenters. The van der Waals surface area contributed by atoms with Gasteiger partial charge in [0, 0.05) is 5.57 Å². The molecule has 0 saturated heterocycles. The molecule has 6 heteroatoms. The first-order chi connectivity index (χ1) is 7.27. The van der Waals surface area contributed by atoms with E-state index >= 15 is 0 Å². The molecule has 1 aromatic rings. The van der Waals surface area contributed by atoms with E-state index in [0.717, 1.165) is 11.4 Å². The van der Waals surface area contributed by atoms with Gasteiger partial charge in [-0.2, -0.15) is 0 Å². The second-order valence-corrected chi connectivity index (χ2v) is 3.12. The zero-order chi connectivity index (χ0) is 10.8. The summed E-state index contributed by atoms with van der Waals surface area (Å²) in [7, 11) is 1.43. The fourth-order valence-electron chi connectivity index (χ4n) is 1.54. The molecule has 0 saturated carbocycles. The first kappa shape index (κ1) is 9.83. The van der Waals surface area contributed by atoms with Crippen LogP contribution in [0.3, 0.4) is 0 Å². The van der Waals surface area contributed by atoms with Crippen molar-refractivity contribution in [1.82, 2.24) is 14.8 Å². The highest BCUT2D eigenvalue weighted by molar-refractivity contribution is 5.69. The summed E-state index contributed by atoms with van der Waals surface area (Å²) in [5, 5.41) is 7.95. The SMILES string of the molecule is [C-]#[N+]C1=C(COOC)c2nnc(C)n2C1. The normalized spacial score (nSPS) is 14.2. The van der Waals surface area contributed by atoms with Gasteiger partial charge in [-0.25, -0.2) is 14.6 Å². The Morgan fingerprint density at radius 3 is 3.00 bits per heavy atom. The zero-order valence-corrected chi connectivity index (χ0v) is 8.52. The van der Waals surface area contributed by atoms with Crippen molar-refractivity contribution in [3.8, 4) is 0 Å². The molecule has 2 rings (SSSR count). The second kappa shape index (κ2) is 3.81. The Hall–Kier alpha value is -1.71. The van der Waals surface area contributed by atoms with Crippen LogP contribution in [0.25, 0.3) is 10.4 Å². The summed E-state index contributed by atoms with van der Waals surface area (Å²) in [6.07, 6.45) is 0. The van der Waals surface area contributed by atoms with E-state index in [2.05, 4.69) is 19.9 Å². The number of aryl methyl sites for hydroxylation is 1. The summed E-state index contributed by atoms with van der Waals surface area (Å²) in [6, 6.07) is 0. The molecule has 0 aliphatic carbocycles. The summed E-state index contributed by atoms with van der Waals surface area (Å²) in [6.45, 7) is 9.68. The third-order valence-electron chi connectivity index (χ3n) is 2.32. The summed E-state index contributed by atoms with van der Waals surface area (Å²) in [5.41, 5.74) is 1.40. The van der Waals surface area contributed by atoms with Crippen molar-refractivity contribution < 1.29 is 9.78 Å². The molecular formula is C9H10N4O2. The van der Waals surface area contributed by atoms with Gasteiger partial charge in [0.1, 0.15) is 12.4 Å². The standard InChI is InChI=1S/C9H10N4O2/c1-6-11-12-9-7(5-15-14-3)8(10-2)4-13(6)9/h4-5H2,1,3H3. The molecule has 0 amide bonds. The van der Waals surface area contributed by atoms with E-state index < -0.39 is 0 Å². The summed E-state index contributed by atoms with van der Waals surface area (Å²) in [4.78, 5) is 12.8. The van der Waals surface area contributed by atoms with Crippen LogP contribution in [-0.4, -0.2) is 28.5 Å². The average Bonchev–Trinajstić information content (AvgIpc) is 2.76. The van der Waals surface area contributed by atoms with Crippen molar-refractivity contribution in [3.05, 3.63) is 28.8 Å². The van der Waals surface area contributed by atoms with Gasteiger partial charge in [0.25, 0.3) is 0 Å². The Labute approximate surface area is 86.9 Å². The molecule has 1 aromatic heterocycles. The minimum Gasteiger partial charge on any atom is -0.318 e. The topological polar surface area (TPSA) is 53.5 Å². The summed E-state index contributed by atoms with van der Waals surface area (Å²) < 4.78 is 1.89. The van der Waals surface area contributed by atoms with Gasteiger partial charge in [0.15, 0.2) is 11.5 Å². The highest BCUT2D eigenvalue weighted by atomic mass is 17.2. The molecule has 6 nitrogen and oxygen atoms in total. The third-order valence-corrected chi connectivity index (χ3v) is 2.32.